The molecule has 1 aromatic carbocycles. The van der Waals surface area contributed by atoms with Crippen molar-refractivity contribution in [3.8, 4) is 5.75 Å². The molecule has 44 heavy (non-hydrogen) atoms. The highest BCUT2D eigenvalue weighted by atomic mass is 16.7. The topological polar surface area (TPSA) is 176 Å². The largest absolute Gasteiger partial charge is 0.514 e. The molecule has 2 saturated carbocycles. The third-order valence-electron chi connectivity index (χ3n) is 7.04. The first-order valence-electron chi connectivity index (χ1n) is 14.4. The maximum atomic E-state index is 13.8. The standard InChI is InChI=1S/C31H42N2O11.H2/c1-9-40-25(36)22-21-20(34)16-31(23(21)22,26(37)41-10-2)33-24(35)19(32-27(38)43-29(3,4)5)15-17-11-13-18(14-12-17)42-28(39)44-30(6,7)8;/h9,11-14,19-23,34H,1,10,15-16H2,2-8H3,(H,32,38)(H,33,35);1H/t19-,20-,21-,22-,23-,31+;/m0./s1. The number of hydrogen-bond donors (Lipinski definition) is 3. The Balaban J connectivity index is 0.00000705. The van der Waals surface area contributed by atoms with Gasteiger partial charge in [-0.25, -0.2) is 14.4 Å². The lowest BCUT2D eigenvalue weighted by Crippen LogP contribution is -2.62. The number of nitrogens with one attached hydrogen (secondary N) is 2. The van der Waals surface area contributed by atoms with E-state index in [1.807, 2.05) is 0 Å². The van der Waals surface area contributed by atoms with Gasteiger partial charge in [-0.3, -0.25) is 9.59 Å². The number of aliphatic hydroxyl groups is 1. The van der Waals surface area contributed by atoms with E-state index < -0.39 is 76.7 Å². The van der Waals surface area contributed by atoms with E-state index in [1.54, 1.807) is 60.6 Å². The number of amides is 2. The van der Waals surface area contributed by atoms with E-state index >= 15 is 0 Å². The molecule has 0 heterocycles. The van der Waals surface area contributed by atoms with Crippen LogP contribution >= 0.6 is 0 Å². The Morgan fingerprint density at radius 3 is 2.23 bits per heavy atom. The van der Waals surface area contributed by atoms with Crippen molar-refractivity contribution in [3.63, 3.8) is 0 Å². The highest BCUT2D eigenvalue weighted by Crippen LogP contribution is 2.63. The third kappa shape index (κ3) is 8.49. The normalized spacial score (nSPS) is 24.5. The number of benzene rings is 1. The van der Waals surface area contributed by atoms with Crippen LogP contribution in [0.3, 0.4) is 0 Å². The second kappa shape index (κ2) is 13.2. The summed E-state index contributed by atoms with van der Waals surface area (Å²) in [5, 5.41) is 16.0. The summed E-state index contributed by atoms with van der Waals surface area (Å²) in [6.07, 6.45) is -2.16. The number of carbonyl (C=O) groups is 5. The molecule has 0 spiro atoms. The molecule has 0 radical (unpaired) electrons. The van der Waals surface area contributed by atoms with E-state index in [0.29, 0.717) is 5.56 Å². The quantitative estimate of drug-likeness (QED) is 0.151. The zero-order valence-electron chi connectivity index (χ0n) is 26.1. The second-order valence-corrected chi connectivity index (χ2v) is 12.8. The highest BCUT2D eigenvalue weighted by Gasteiger charge is 2.76. The van der Waals surface area contributed by atoms with Crippen molar-refractivity contribution in [2.75, 3.05) is 6.61 Å². The van der Waals surface area contributed by atoms with Crippen molar-refractivity contribution in [1.29, 1.82) is 0 Å². The number of aliphatic hydroxyl groups excluding tert-OH is 1. The number of esters is 2. The SMILES string of the molecule is C=COC(=O)[C@H]1[C@H]2[C@@H]1[C@@](NC(=O)[C@H](Cc1ccc(OC(=O)OC(C)(C)C)cc1)NC(=O)OC(C)(C)C)(C(=O)OCC)C[C@@H]2O.[HH]. The number of fused-ring (bicyclic) bond motifs is 1. The summed E-state index contributed by atoms with van der Waals surface area (Å²) in [5.41, 5.74) is -2.80. The van der Waals surface area contributed by atoms with E-state index in [0.717, 1.165) is 6.26 Å². The minimum absolute atomic E-state index is 0. The van der Waals surface area contributed by atoms with Crippen molar-refractivity contribution in [2.24, 2.45) is 17.8 Å². The van der Waals surface area contributed by atoms with Gasteiger partial charge in [-0.15, -0.1) is 0 Å². The summed E-state index contributed by atoms with van der Waals surface area (Å²) >= 11 is 0. The van der Waals surface area contributed by atoms with Crippen LogP contribution in [0.15, 0.2) is 37.1 Å². The van der Waals surface area contributed by atoms with Crippen molar-refractivity contribution in [2.45, 2.75) is 90.2 Å². The summed E-state index contributed by atoms with van der Waals surface area (Å²) in [5.74, 6) is -4.36. The lowest BCUT2D eigenvalue weighted by Gasteiger charge is -2.33. The number of rotatable bonds is 10. The van der Waals surface area contributed by atoms with Crippen molar-refractivity contribution >= 4 is 30.1 Å². The summed E-state index contributed by atoms with van der Waals surface area (Å²) in [4.78, 5) is 64.5. The minimum atomic E-state index is -1.75. The minimum Gasteiger partial charge on any atom is -0.464 e. The van der Waals surface area contributed by atoms with Crippen LogP contribution in [0.2, 0.25) is 0 Å². The fourth-order valence-corrected chi connectivity index (χ4v) is 5.44. The molecule has 2 aliphatic carbocycles. The Hall–Kier alpha value is -4.13. The molecule has 0 aliphatic heterocycles. The molecule has 13 heteroatoms. The van der Waals surface area contributed by atoms with Gasteiger partial charge in [-0.2, -0.15) is 0 Å². The highest BCUT2D eigenvalue weighted by molar-refractivity contribution is 5.94. The zero-order valence-corrected chi connectivity index (χ0v) is 26.1. The molecule has 13 nitrogen and oxygen atoms in total. The summed E-state index contributed by atoms with van der Waals surface area (Å²) in [6.45, 7) is 15.1. The smallest absolute Gasteiger partial charge is 0.464 e. The predicted octanol–water partition coefficient (Wildman–Crippen LogP) is 3.41. The van der Waals surface area contributed by atoms with E-state index in [1.165, 1.54) is 12.1 Å². The summed E-state index contributed by atoms with van der Waals surface area (Å²) in [6, 6.07) is 4.92. The van der Waals surface area contributed by atoms with Crippen molar-refractivity contribution in [3.05, 3.63) is 42.7 Å². The van der Waals surface area contributed by atoms with E-state index in [9.17, 15) is 29.1 Å². The first kappa shape index (κ1) is 34.4. The van der Waals surface area contributed by atoms with Crippen molar-refractivity contribution < 1.29 is 54.2 Å². The molecule has 1 aromatic rings. The number of hydrogen-bond acceptors (Lipinski definition) is 11. The molecule has 2 fully saturated rings. The molecule has 0 saturated heterocycles. The van der Waals surface area contributed by atoms with Gasteiger partial charge in [0, 0.05) is 26.1 Å². The van der Waals surface area contributed by atoms with Gasteiger partial charge in [0.15, 0.2) is 0 Å². The molecular formula is C31H44N2O11. The van der Waals surface area contributed by atoms with Gasteiger partial charge < -0.3 is 39.4 Å². The van der Waals surface area contributed by atoms with Crippen LogP contribution < -0.4 is 15.4 Å². The summed E-state index contributed by atoms with van der Waals surface area (Å²) in [7, 11) is 0. The monoisotopic (exact) mass is 620 g/mol. The van der Waals surface area contributed by atoms with Crippen LogP contribution in [0.4, 0.5) is 9.59 Å². The average Bonchev–Trinajstić information content (AvgIpc) is 3.57. The molecular weight excluding hydrogens is 576 g/mol. The maximum absolute atomic E-state index is 13.8. The Kier molecular flexibility index (Phi) is 10.3. The van der Waals surface area contributed by atoms with Gasteiger partial charge in [-0.05, 0) is 66.2 Å². The van der Waals surface area contributed by atoms with Crippen LogP contribution in [0, 0.1) is 17.8 Å². The molecule has 244 valence electrons. The molecule has 3 N–H and O–H groups in total. The first-order valence-corrected chi connectivity index (χ1v) is 14.4. The van der Waals surface area contributed by atoms with Crippen LogP contribution in [-0.2, 0) is 39.8 Å². The van der Waals surface area contributed by atoms with Crippen LogP contribution in [0.25, 0.3) is 0 Å². The van der Waals surface area contributed by atoms with Crippen LogP contribution in [-0.4, -0.2) is 70.7 Å². The Morgan fingerprint density at radius 1 is 1.07 bits per heavy atom. The first-order chi connectivity index (χ1) is 20.4. The zero-order chi connectivity index (χ0) is 33.0. The Morgan fingerprint density at radius 2 is 1.68 bits per heavy atom. The number of carbonyl (C=O) groups excluding carboxylic acids is 5. The van der Waals surface area contributed by atoms with Gasteiger partial charge >= 0.3 is 24.2 Å². The maximum Gasteiger partial charge on any atom is 0.514 e. The number of ether oxygens (including phenoxy) is 5. The molecule has 3 rings (SSSR count). The average molecular weight is 621 g/mol. The molecule has 2 amide bonds. The fraction of sp³-hybridized carbons (Fsp3) is 0.581. The number of alkyl carbamates (subject to hydrolysis) is 1. The predicted molar refractivity (Wildman–Crippen MR) is 157 cm³/mol. The molecule has 2 aliphatic rings. The lowest BCUT2D eigenvalue weighted by atomic mass is 9.88. The van der Waals surface area contributed by atoms with Gasteiger partial charge in [0.05, 0.1) is 24.9 Å². The molecule has 0 aromatic heterocycles. The molecule has 6 atom stereocenters. The second-order valence-electron chi connectivity index (χ2n) is 12.8. The van der Waals surface area contributed by atoms with Gasteiger partial charge in [-0.1, -0.05) is 18.7 Å². The van der Waals surface area contributed by atoms with E-state index in [4.69, 9.17) is 23.7 Å². The summed E-state index contributed by atoms with van der Waals surface area (Å²) < 4.78 is 25.9. The Labute approximate surface area is 258 Å². The third-order valence-corrected chi connectivity index (χ3v) is 7.04. The molecule has 0 unspecified atom stereocenters. The van der Waals surface area contributed by atoms with Crippen LogP contribution in [0.1, 0.15) is 61.9 Å². The van der Waals surface area contributed by atoms with E-state index in [2.05, 4.69) is 17.2 Å². The van der Waals surface area contributed by atoms with Gasteiger partial charge in [0.1, 0.15) is 28.5 Å². The van der Waals surface area contributed by atoms with E-state index in [-0.39, 0.29) is 26.6 Å². The van der Waals surface area contributed by atoms with Crippen LogP contribution in [0.5, 0.6) is 5.75 Å². The molecule has 0 bridgehead atoms. The Bertz CT molecular complexity index is 1270. The lowest BCUT2D eigenvalue weighted by molar-refractivity contribution is -0.156. The van der Waals surface area contributed by atoms with Gasteiger partial charge in [0.2, 0.25) is 5.91 Å². The van der Waals surface area contributed by atoms with Crippen molar-refractivity contribution in [1.82, 2.24) is 10.6 Å². The van der Waals surface area contributed by atoms with Gasteiger partial charge in [0.25, 0.3) is 0 Å². The fourth-order valence-electron chi connectivity index (χ4n) is 5.44.